The summed E-state index contributed by atoms with van der Waals surface area (Å²) in [7, 11) is 0. The van der Waals surface area contributed by atoms with Gasteiger partial charge in [-0.05, 0) is 41.0 Å². The Morgan fingerprint density at radius 2 is 1.16 bits per heavy atom. The Kier molecular flexibility index (Phi) is 8.77. The first-order chi connectivity index (χ1) is 12.2. The number of halogens is 1. The van der Waals surface area contributed by atoms with Gasteiger partial charge in [0.05, 0.1) is 13.2 Å². The number of hydrogen-bond acceptors (Lipinski definition) is 3. The van der Waals surface area contributed by atoms with E-state index in [0.29, 0.717) is 0 Å². The first kappa shape index (κ1) is 19.7. The number of hydrogen-bond donors (Lipinski definition) is 2. The fraction of sp³-hybridized carbons (Fsp3) is 0.143. The summed E-state index contributed by atoms with van der Waals surface area (Å²) in [6.45, 7) is 0.233. The molecule has 0 amide bonds. The molecule has 0 saturated carbocycles. The second-order valence-corrected chi connectivity index (χ2v) is 7.33. The van der Waals surface area contributed by atoms with Gasteiger partial charge >= 0.3 is 0 Å². The van der Waals surface area contributed by atoms with Crippen molar-refractivity contribution in [2.45, 2.75) is 23.9 Å². The summed E-state index contributed by atoms with van der Waals surface area (Å²) in [5.41, 5.74) is 3.24. The Balaban J connectivity index is 0.000000212. The smallest absolute Gasteiger partial charge is 0.0681 e. The maximum atomic E-state index is 8.93. The molecular formula is C21H21BrO2S. The molecular weight excluding hydrogens is 396 g/mol. The summed E-state index contributed by atoms with van der Waals surface area (Å²) in [5, 5.41) is 17.5. The van der Waals surface area contributed by atoms with Crippen LogP contribution in [0.25, 0.3) is 0 Å². The lowest BCUT2D eigenvalue weighted by Crippen LogP contribution is -1.83. The van der Waals surface area contributed by atoms with Crippen LogP contribution in [0.1, 0.15) is 16.7 Å². The van der Waals surface area contributed by atoms with Crippen molar-refractivity contribution < 1.29 is 10.2 Å². The average Bonchev–Trinajstić information content (AvgIpc) is 2.69. The predicted molar refractivity (Wildman–Crippen MR) is 108 cm³/mol. The highest BCUT2D eigenvalue weighted by molar-refractivity contribution is 9.10. The zero-order valence-electron chi connectivity index (χ0n) is 13.8. The summed E-state index contributed by atoms with van der Waals surface area (Å²) in [4.78, 5) is 1.24. The second-order valence-electron chi connectivity index (χ2n) is 5.36. The SMILES string of the molecule is OCc1ccc(Br)cc1.OCc1ccc(SCc2ccccc2)cc1. The van der Waals surface area contributed by atoms with E-state index in [2.05, 4.69) is 52.3 Å². The van der Waals surface area contributed by atoms with Gasteiger partial charge in [-0.3, -0.25) is 0 Å². The lowest BCUT2D eigenvalue weighted by Gasteiger charge is -2.02. The zero-order valence-corrected chi connectivity index (χ0v) is 16.2. The van der Waals surface area contributed by atoms with Crippen molar-refractivity contribution in [3.8, 4) is 0 Å². The molecule has 0 atom stereocenters. The van der Waals surface area contributed by atoms with Crippen LogP contribution in [0.3, 0.4) is 0 Å². The van der Waals surface area contributed by atoms with Crippen LogP contribution >= 0.6 is 27.7 Å². The molecule has 3 aromatic rings. The van der Waals surface area contributed by atoms with Gasteiger partial charge in [0.2, 0.25) is 0 Å². The monoisotopic (exact) mass is 416 g/mol. The van der Waals surface area contributed by atoms with Crippen LogP contribution in [0.4, 0.5) is 0 Å². The Morgan fingerprint density at radius 1 is 0.640 bits per heavy atom. The maximum Gasteiger partial charge on any atom is 0.0681 e. The molecule has 0 spiro atoms. The quantitative estimate of drug-likeness (QED) is 0.546. The summed E-state index contributed by atoms with van der Waals surface area (Å²) < 4.78 is 1.04. The van der Waals surface area contributed by atoms with Crippen molar-refractivity contribution in [2.24, 2.45) is 0 Å². The highest BCUT2D eigenvalue weighted by Gasteiger charge is 1.96. The minimum atomic E-state index is 0.115. The molecule has 0 aliphatic heterocycles. The molecule has 4 heteroatoms. The molecule has 3 rings (SSSR count). The van der Waals surface area contributed by atoms with Crippen LogP contribution in [0.5, 0.6) is 0 Å². The third-order valence-electron chi connectivity index (χ3n) is 3.45. The van der Waals surface area contributed by atoms with Crippen LogP contribution in [0, 0.1) is 0 Å². The predicted octanol–water partition coefficient (Wildman–Crippen LogP) is 5.41. The van der Waals surface area contributed by atoms with Crippen molar-refractivity contribution >= 4 is 27.7 Å². The van der Waals surface area contributed by atoms with Gasteiger partial charge in [0, 0.05) is 15.1 Å². The highest BCUT2D eigenvalue weighted by atomic mass is 79.9. The van der Waals surface area contributed by atoms with E-state index in [1.807, 2.05) is 54.2 Å². The van der Waals surface area contributed by atoms with Crippen molar-refractivity contribution in [1.82, 2.24) is 0 Å². The number of aliphatic hydroxyl groups excluding tert-OH is 2. The topological polar surface area (TPSA) is 40.5 Å². The molecule has 0 radical (unpaired) electrons. The van der Waals surface area contributed by atoms with Gasteiger partial charge in [0.15, 0.2) is 0 Å². The lowest BCUT2D eigenvalue weighted by molar-refractivity contribution is 0.281. The highest BCUT2D eigenvalue weighted by Crippen LogP contribution is 2.22. The molecule has 0 fully saturated rings. The molecule has 0 aliphatic rings. The van der Waals surface area contributed by atoms with Gasteiger partial charge in [0.25, 0.3) is 0 Å². The Hall–Kier alpha value is -1.59. The Labute approximate surface area is 161 Å². The molecule has 0 saturated heterocycles. The minimum absolute atomic E-state index is 0.115. The van der Waals surface area contributed by atoms with Crippen LogP contribution in [-0.2, 0) is 19.0 Å². The van der Waals surface area contributed by atoms with Crippen LogP contribution < -0.4 is 0 Å². The Bertz CT molecular complexity index is 728. The first-order valence-electron chi connectivity index (χ1n) is 7.93. The van der Waals surface area contributed by atoms with E-state index in [1.54, 1.807) is 0 Å². The number of thioether (sulfide) groups is 1. The van der Waals surface area contributed by atoms with Gasteiger partial charge in [0.1, 0.15) is 0 Å². The van der Waals surface area contributed by atoms with E-state index in [1.165, 1.54) is 10.5 Å². The van der Waals surface area contributed by atoms with E-state index in [4.69, 9.17) is 10.2 Å². The van der Waals surface area contributed by atoms with E-state index in [0.717, 1.165) is 21.4 Å². The van der Waals surface area contributed by atoms with Crippen LogP contribution in [-0.4, -0.2) is 10.2 Å². The average molecular weight is 417 g/mol. The lowest BCUT2D eigenvalue weighted by atomic mass is 10.2. The summed E-state index contributed by atoms with van der Waals surface area (Å²) in [6.07, 6.45) is 0. The molecule has 0 aromatic heterocycles. The standard InChI is InChI=1S/C14H14OS.C7H7BrO/c15-10-12-6-8-14(9-7-12)16-11-13-4-2-1-3-5-13;8-7-3-1-6(5-9)2-4-7/h1-9,15H,10-11H2;1-4,9H,5H2. The summed E-state index contributed by atoms with van der Waals surface area (Å²) in [6, 6.07) is 26.0. The third kappa shape index (κ3) is 7.45. The summed E-state index contributed by atoms with van der Waals surface area (Å²) in [5.74, 6) is 0.985. The molecule has 0 unspecified atom stereocenters. The molecule has 0 bridgehead atoms. The molecule has 3 aromatic carbocycles. The molecule has 25 heavy (non-hydrogen) atoms. The molecule has 2 N–H and O–H groups in total. The van der Waals surface area contributed by atoms with E-state index in [-0.39, 0.29) is 13.2 Å². The fourth-order valence-corrected chi connectivity index (χ4v) is 3.14. The molecule has 0 aliphatic carbocycles. The van der Waals surface area contributed by atoms with Gasteiger partial charge in [-0.15, -0.1) is 11.8 Å². The molecule has 2 nitrogen and oxygen atoms in total. The van der Waals surface area contributed by atoms with Gasteiger partial charge < -0.3 is 10.2 Å². The van der Waals surface area contributed by atoms with Crippen molar-refractivity contribution in [2.75, 3.05) is 0 Å². The van der Waals surface area contributed by atoms with E-state index in [9.17, 15) is 0 Å². The zero-order chi connectivity index (χ0) is 17.9. The summed E-state index contributed by atoms with van der Waals surface area (Å²) >= 11 is 5.10. The fourth-order valence-electron chi connectivity index (χ4n) is 2.02. The van der Waals surface area contributed by atoms with Crippen LogP contribution in [0.2, 0.25) is 0 Å². The van der Waals surface area contributed by atoms with Crippen molar-refractivity contribution in [1.29, 1.82) is 0 Å². The van der Waals surface area contributed by atoms with Gasteiger partial charge in [-0.25, -0.2) is 0 Å². The second kappa shape index (κ2) is 11.1. The van der Waals surface area contributed by atoms with E-state index >= 15 is 0 Å². The van der Waals surface area contributed by atoms with Gasteiger partial charge in [-0.2, -0.15) is 0 Å². The first-order valence-corrected chi connectivity index (χ1v) is 9.71. The Morgan fingerprint density at radius 3 is 1.68 bits per heavy atom. The van der Waals surface area contributed by atoms with Crippen LogP contribution in [0.15, 0.2) is 88.2 Å². The van der Waals surface area contributed by atoms with Gasteiger partial charge in [-0.1, -0.05) is 70.5 Å². The normalized spacial score (nSPS) is 10.0. The van der Waals surface area contributed by atoms with Crippen molar-refractivity contribution in [3.63, 3.8) is 0 Å². The molecule has 0 heterocycles. The molecule has 130 valence electrons. The third-order valence-corrected chi connectivity index (χ3v) is 5.06. The minimum Gasteiger partial charge on any atom is -0.392 e. The van der Waals surface area contributed by atoms with Crippen molar-refractivity contribution in [3.05, 3.63) is 100 Å². The number of aliphatic hydroxyl groups is 2. The number of benzene rings is 3. The number of rotatable bonds is 5. The van der Waals surface area contributed by atoms with E-state index < -0.39 is 0 Å². The largest absolute Gasteiger partial charge is 0.392 e. The maximum absolute atomic E-state index is 8.93.